The quantitative estimate of drug-likeness (QED) is 0.622. The van der Waals surface area contributed by atoms with Gasteiger partial charge in [-0.2, -0.15) is 0 Å². The van der Waals surface area contributed by atoms with Gasteiger partial charge in [-0.05, 0) is 65.6 Å². The van der Waals surface area contributed by atoms with Crippen LogP contribution >= 0.6 is 0 Å². The van der Waals surface area contributed by atoms with E-state index in [4.69, 9.17) is 0 Å². The molecule has 1 saturated heterocycles. The molecule has 1 aliphatic heterocycles. The SMILES string of the molecule is CCC(c1nnnn1Cc1ccc(F)cc1)N1CCN(c2cccc(C)c2C)CC1. The number of tetrazole rings is 1. The summed E-state index contributed by atoms with van der Waals surface area (Å²) in [7, 11) is 0. The first-order valence-electron chi connectivity index (χ1n) is 10.6. The number of rotatable bonds is 6. The highest BCUT2D eigenvalue weighted by Gasteiger charge is 2.28. The van der Waals surface area contributed by atoms with E-state index in [0.717, 1.165) is 44.0 Å². The Morgan fingerprint density at radius 2 is 1.73 bits per heavy atom. The van der Waals surface area contributed by atoms with Crippen LogP contribution < -0.4 is 4.90 Å². The molecule has 2 heterocycles. The molecule has 6 nitrogen and oxygen atoms in total. The van der Waals surface area contributed by atoms with E-state index in [-0.39, 0.29) is 11.9 Å². The fourth-order valence-electron chi connectivity index (χ4n) is 4.28. The smallest absolute Gasteiger partial charge is 0.168 e. The minimum Gasteiger partial charge on any atom is -0.369 e. The van der Waals surface area contributed by atoms with Crippen LogP contribution in [0, 0.1) is 19.7 Å². The van der Waals surface area contributed by atoms with Gasteiger partial charge in [0.25, 0.3) is 0 Å². The number of aryl methyl sites for hydroxylation is 1. The summed E-state index contributed by atoms with van der Waals surface area (Å²) in [4.78, 5) is 4.96. The number of benzene rings is 2. The van der Waals surface area contributed by atoms with Gasteiger partial charge < -0.3 is 4.90 Å². The minimum atomic E-state index is -0.233. The maximum absolute atomic E-state index is 13.2. The van der Waals surface area contributed by atoms with Gasteiger partial charge in [0.05, 0.1) is 12.6 Å². The van der Waals surface area contributed by atoms with Crippen LogP contribution in [0.25, 0.3) is 0 Å². The number of piperazine rings is 1. The molecular formula is C23H29FN6. The van der Waals surface area contributed by atoms with Crippen molar-refractivity contribution in [3.05, 3.63) is 70.8 Å². The molecule has 0 N–H and O–H groups in total. The van der Waals surface area contributed by atoms with Crippen molar-refractivity contribution in [2.24, 2.45) is 0 Å². The predicted molar refractivity (Wildman–Crippen MR) is 116 cm³/mol. The first-order valence-corrected chi connectivity index (χ1v) is 10.6. The van der Waals surface area contributed by atoms with Gasteiger partial charge in [0.15, 0.2) is 5.82 Å². The van der Waals surface area contributed by atoms with Crippen molar-refractivity contribution in [3.63, 3.8) is 0 Å². The Labute approximate surface area is 177 Å². The molecule has 1 atom stereocenters. The van der Waals surface area contributed by atoms with E-state index in [1.807, 2.05) is 4.68 Å². The third-order valence-corrected chi connectivity index (χ3v) is 6.16. The molecule has 158 valence electrons. The molecule has 1 unspecified atom stereocenters. The summed E-state index contributed by atoms with van der Waals surface area (Å²) < 4.78 is 15.1. The lowest BCUT2D eigenvalue weighted by Crippen LogP contribution is -2.48. The van der Waals surface area contributed by atoms with Gasteiger partial charge in [-0.3, -0.25) is 4.90 Å². The second-order valence-electron chi connectivity index (χ2n) is 7.99. The van der Waals surface area contributed by atoms with E-state index in [0.29, 0.717) is 6.54 Å². The van der Waals surface area contributed by atoms with Crippen LogP contribution in [0.4, 0.5) is 10.1 Å². The second-order valence-corrected chi connectivity index (χ2v) is 7.99. The first kappa shape index (κ1) is 20.5. The van der Waals surface area contributed by atoms with Gasteiger partial charge in [0.1, 0.15) is 5.82 Å². The first-order chi connectivity index (χ1) is 14.6. The van der Waals surface area contributed by atoms with Crippen molar-refractivity contribution in [1.29, 1.82) is 0 Å². The van der Waals surface area contributed by atoms with E-state index >= 15 is 0 Å². The average molecular weight is 409 g/mol. The van der Waals surface area contributed by atoms with Crippen LogP contribution in [0.3, 0.4) is 0 Å². The van der Waals surface area contributed by atoms with E-state index in [1.165, 1.54) is 28.9 Å². The van der Waals surface area contributed by atoms with E-state index < -0.39 is 0 Å². The number of anilines is 1. The molecule has 1 aromatic heterocycles. The number of aromatic nitrogens is 4. The molecule has 0 aliphatic carbocycles. The topological polar surface area (TPSA) is 50.1 Å². The Morgan fingerprint density at radius 1 is 1.00 bits per heavy atom. The van der Waals surface area contributed by atoms with Crippen LogP contribution in [0.2, 0.25) is 0 Å². The highest BCUT2D eigenvalue weighted by Crippen LogP contribution is 2.28. The standard InChI is InChI=1S/C23H29FN6/c1-4-21(23-25-26-27-30(23)16-19-8-10-20(24)11-9-19)28-12-14-29(15-13-28)22-7-5-6-17(2)18(22)3/h5-11,21H,4,12-16H2,1-3H3. The molecular weight excluding hydrogens is 379 g/mol. The van der Waals surface area contributed by atoms with Gasteiger partial charge >= 0.3 is 0 Å². The third kappa shape index (κ3) is 4.21. The Morgan fingerprint density at radius 3 is 2.43 bits per heavy atom. The zero-order valence-electron chi connectivity index (χ0n) is 17.9. The van der Waals surface area contributed by atoms with Gasteiger partial charge in [0.2, 0.25) is 0 Å². The summed E-state index contributed by atoms with van der Waals surface area (Å²) in [6, 6.07) is 13.2. The van der Waals surface area contributed by atoms with Gasteiger partial charge in [0, 0.05) is 31.9 Å². The fourth-order valence-corrected chi connectivity index (χ4v) is 4.28. The normalized spacial score (nSPS) is 16.1. The van der Waals surface area contributed by atoms with E-state index in [9.17, 15) is 4.39 Å². The molecule has 1 aliphatic rings. The maximum Gasteiger partial charge on any atom is 0.168 e. The lowest BCUT2D eigenvalue weighted by atomic mass is 10.1. The summed E-state index contributed by atoms with van der Waals surface area (Å²) in [5.41, 5.74) is 5.02. The van der Waals surface area contributed by atoms with Crippen LogP contribution in [-0.4, -0.2) is 51.3 Å². The Bertz CT molecular complexity index is 976. The summed E-state index contributed by atoms with van der Waals surface area (Å²) in [6.45, 7) is 11.0. The van der Waals surface area contributed by atoms with Crippen molar-refractivity contribution in [2.75, 3.05) is 31.1 Å². The fraction of sp³-hybridized carbons (Fsp3) is 0.435. The van der Waals surface area contributed by atoms with Gasteiger partial charge in [-0.1, -0.05) is 31.2 Å². The Balaban J connectivity index is 1.46. The summed E-state index contributed by atoms with van der Waals surface area (Å²) in [5.74, 6) is 0.644. The van der Waals surface area contributed by atoms with Crippen molar-refractivity contribution in [2.45, 2.75) is 39.8 Å². The largest absolute Gasteiger partial charge is 0.369 e. The van der Waals surface area contributed by atoms with Crippen LogP contribution in [0.15, 0.2) is 42.5 Å². The molecule has 0 spiro atoms. The molecule has 30 heavy (non-hydrogen) atoms. The number of halogens is 1. The van der Waals surface area contributed by atoms with Crippen molar-refractivity contribution >= 4 is 5.69 Å². The third-order valence-electron chi connectivity index (χ3n) is 6.16. The lowest BCUT2D eigenvalue weighted by Gasteiger charge is -2.40. The molecule has 1 fully saturated rings. The molecule has 7 heteroatoms. The number of hydrogen-bond donors (Lipinski definition) is 0. The Hall–Kier alpha value is -2.80. The van der Waals surface area contributed by atoms with Gasteiger partial charge in [-0.25, -0.2) is 9.07 Å². The number of hydrogen-bond acceptors (Lipinski definition) is 5. The molecule has 3 aromatic rings. The maximum atomic E-state index is 13.2. The highest BCUT2D eigenvalue weighted by molar-refractivity contribution is 5.56. The monoisotopic (exact) mass is 408 g/mol. The van der Waals surface area contributed by atoms with Gasteiger partial charge in [-0.15, -0.1) is 5.10 Å². The number of nitrogens with zero attached hydrogens (tertiary/aromatic N) is 6. The molecule has 2 aromatic carbocycles. The molecule has 0 amide bonds. The minimum absolute atomic E-state index is 0.168. The van der Waals surface area contributed by atoms with Crippen LogP contribution in [-0.2, 0) is 6.54 Å². The lowest BCUT2D eigenvalue weighted by molar-refractivity contribution is 0.169. The van der Waals surface area contributed by atoms with Crippen molar-refractivity contribution in [3.8, 4) is 0 Å². The second kappa shape index (κ2) is 8.92. The van der Waals surface area contributed by atoms with Crippen LogP contribution in [0.5, 0.6) is 0 Å². The highest BCUT2D eigenvalue weighted by atomic mass is 19.1. The summed E-state index contributed by atoms with van der Waals surface area (Å²) in [6.07, 6.45) is 0.938. The van der Waals surface area contributed by atoms with Crippen LogP contribution in [0.1, 0.15) is 41.9 Å². The summed E-state index contributed by atoms with van der Waals surface area (Å²) in [5, 5.41) is 12.5. The average Bonchev–Trinajstić information content (AvgIpc) is 3.21. The van der Waals surface area contributed by atoms with E-state index in [1.54, 1.807) is 12.1 Å². The molecule has 0 saturated carbocycles. The zero-order chi connectivity index (χ0) is 21.1. The van der Waals surface area contributed by atoms with E-state index in [2.05, 4.69) is 64.3 Å². The molecule has 4 rings (SSSR count). The Kier molecular flexibility index (Phi) is 6.08. The molecule has 0 bridgehead atoms. The predicted octanol–water partition coefficient (Wildman–Crippen LogP) is 3.75. The zero-order valence-corrected chi connectivity index (χ0v) is 17.9. The summed E-state index contributed by atoms with van der Waals surface area (Å²) >= 11 is 0. The van der Waals surface area contributed by atoms with Crippen molar-refractivity contribution < 1.29 is 4.39 Å². The molecule has 0 radical (unpaired) electrons. The van der Waals surface area contributed by atoms with Crippen molar-refractivity contribution in [1.82, 2.24) is 25.1 Å².